The lowest BCUT2D eigenvalue weighted by molar-refractivity contribution is -0.146. The number of aromatic nitrogens is 1. The van der Waals surface area contributed by atoms with Crippen LogP contribution in [0.25, 0.3) is 10.9 Å². The number of hydrogen-bond donors (Lipinski definition) is 2. The van der Waals surface area contributed by atoms with Crippen LogP contribution in [0.4, 0.5) is 5.69 Å². The lowest BCUT2D eigenvalue weighted by atomic mass is 9.93. The molecular weight excluding hydrogens is 304 g/mol. The maximum atomic E-state index is 11.1. The molecule has 0 saturated carbocycles. The summed E-state index contributed by atoms with van der Waals surface area (Å²) in [5.41, 5.74) is 2.79. The average molecular weight is 321 g/mol. The molecule has 5 nitrogen and oxygen atoms in total. The summed E-state index contributed by atoms with van der Waals surface area (Å²) < 4.78 is 0. The minimum atomic E-state index is -0.939. The molecule has 3 rings (SSSR count). The summed E-state index contributed by atoms with van der Waals surface area (Å²) in [4.78, 5) is 17.5. The van der Waals surface area contributed by atoms with Crippen LogP contribution in [0.1, 0.15) is 12.0 Å². The van der Waals surface area contributed by atoms with Crippen molar-refractivity contribution in [3.63, 3.8) is 0 Å². The summed E-state index contributed by atoms with van der Waals surface area (Å²) in [7, 11) is 0. The molecule has 2 atom stereocenters. The zero-order valence-corrected chi connectivity index (χ0v) is 12.9. The number of aliphatic carboxylic acids is 1. The van der Waals surface area contributed by atoms with Crippen LogP contribution in [0.3, 0.4) is 0 Å². The van der Waals surface area contributed by atoms with Crippen molar-refractivity contribution in [1.82, 2.24) is 4.98 Å². The highest BCUT2D eigenvalue weighted by molar-refractivity contribution is 6.31. The molecule has 0 spiro atoms. The molecule has 0 amide bonds. The second-order valence-corrected chi connectivity index (χ2v) is 6.13. The summed E-state index contributed by atoms with van der Waals surface area (Å²) in [6.45, 7) is 2.83. The lowest BCUT2D eigenvalue weighted by Crippen LogP contribution is -2.46. The van der Waals surface area contributed by atoms with Gasteiger partial charge in [-0.05, 0) is 37.1 Å². The van der Waals surface area contributed by atoms with Gasteiger partial charge in [0.15, 0.2) is 0 Å². The molecule has 2 aromatic rings. The second-order valence-electron chi connectivity index (χ2n) is 5.70. The van der Waals surface area contributed by atoms with E-state index in [1.54, 1.807) is 6.20 Å². The molecule has 2 heterocycles. The van der Waals surface area contributed by atoms with E-state index in [1.165, 1.54) is 0 Å². The van der Waals surface area contributed by atoms with Crippen LogP contribution in [-0.2, 0) is 4.79 Å². The number of carboxylic acids is 1. The van der Waals surface area contributed by atoms with Crippen molar-refractivity contribution in [1.29, 1.82) is 0 Å². The zero-order chi connectivity index (χ0) is 15.9. The molecule has 1 saturated heterocycles. The van der Waals surface area contributed by atoms with E-state index in [2.05, 4.69) is 4.98 Å². The van der Waals surface area contributed by atoms with Crippen molar-refractivity contribution in [2.45, 2.75) is 19.4 Å². The Labute approximate surface area is 133 Å². The summed E-state index contributed by atoms with van der Waals surface area (Å²) in [6, 6.07) is 5.61. The number of nitrogens with zero attached hydrogens (tertiary/aromatic N) is 2. The fraction of sp³-hybridized carbons (Fsp3) is 0.375. The monoisotopic (exact) mass is 320 g/mol. The third-order valence-electron chi connectivity index (χ3n) is 4.22. The molecule has 0 unspecified atom stereocenters. The Morgan fingerprint density at radius 3 is 2.91 bits per heavy atom. The molecule has 0 aliphatic carbocycles. The quantitative estimate of drug-likeness (QED) is 0.889. The van der Waals surface area contributed by atoms with Crippen molar-refractivity contribution >= 4 is 34.2 Å². The number of halogens is 1. The normalized spacial score (nSPS) is 22.0. The molecule has 1 fully saturated rings. The Balaban J connectivity index is 1.99. The molecule has 6 heteroatoms. The molecular formula is C16H17ClN2O3. The topological polar surface area (TPSA) is 73.7 Å². The number of pyridine rings is 1. The van der Waals surface area contributed by atoms with Gasteiger partial charge in [0.1, 0.15) is 0 Å². The molecule has 22 heavy (non-hydrogen) atoms. The van der Waals surface area contributed by atoms with E-state index < -0.39 is 18.0 Å². The van der Waals surface area contributed by atoms with Crippen molar-refractivity contribution in [3.05, 3.63) is 35.0 Å². The highest BCUT2D eigenvalue weighted by Gasteiger charge is 2.33. The van der Waals surface area contributed by atoms with E-state index in [0.29, 0.717) is 24.5 Å². The van der Waals surface area contributed by atoms with Gasteiger partial charge in [0.05, 0.1) is 17.5 Å². The number of aliphatic hydroxyl groups excluding tert-OH is 1. The van der Waals surface area contributed by atoms with Crippen LogP contribution in [0.15, 0.2) is 24.4 Å². The van der Waals surface area contributed by atoms with Gasteiger partial charge in [-0.2, -0.15) is 0 Å². The number of anilines is 1. The van der Waals surface area contributed by atoms with Crippen molar-refractivity contribution in [2.24, 2.45) is 5.92 Å². The number of β-amino-alcohol motifs (C(OH)–C–C–N with tert-alkyl or cyclic N) is 1. The van der Waals surface area contributed by atoms with Crippen molar-refractivity contribution < 1.29 is 15.0 Å². The summed E-state index contributed by atoms with van der Waals surface area (Å²) in [6.07, 6.45) is 1.27. The van der Waals surface area contributed by atoms with Crippen LogP contribution < -0.4 is 4.90 Å². The smallest absolute Gasteiger partial charge is 0.309 e. The summed E-state index contributed by atoms with van der Waals surface area (Å²) in [5, 5.41) is 20.8. The Morgan fingerprint density at radius 1 is 1.45 bits per heavy atom. The summed E-state index contributed by atoms with van der Waals surface area (Å²) >= 11 is 6.15. The maximum Gasteiger partial charge on any atom is 0.309 e. The third kappa shape index (κ3) is 2.62. The first-order valence-corrected chi connectivity index (χ1v) is 7.56. The first-order chi connectivity index (χ1) is 10.5. The SMILES string of the molecule is Cc1cc(Cl)cc2c(N3CC[C@H](C(=O)O)[C@H](O)C3)ccnc12. The van der Waals surface area contributed by atoms with Crippen molar-refractivity contribution in [2.75, 3.05) is 18.0 Å². The van der Waals surface area contributed by atoms with Gasteiger partial charge >= 0.3 is 5.97 Å². The van der Waals surface area contributed by atoms with Gasteiger partial charge in [0.2, 0.25) is 0 Å². The number of aryl methyl sites for hydroxylation is 1. The van der Waals surface area contributed by atoms with Gasteiger partial charge in [0, 0.05) is 35.4 Å². The predicted octanol–water partition coefficient (Wildman–Crippen LogP) is 2.47. The molecule has 1 aliphatic heterocycles. The number of fused-ring (bicyclic) bond motifs is 1. The number of hydrogen-bond acceptors (Lipinski definition) is 4. The number of rotatable bonds is 2. The second kappa shape index (κ2) is 5.74. The Bertz CT molecular complexity index is 735. The number of aliphatic hydroxyl groups is 1. The fourth-order valence-corrected chi connectivity index (χ4v) is 3.36. The Kier molecular flexibility index (Phi) is 3.93. The van der Waals surface area contributed by atoms with Crippen LogP contribution in [-0.4, -0.2) is 40.4 Å². The van der Waals surface area contributed by atoms with E-state index in [4.69, 9.17) is 16.7 Å². The molecule has 1 aliphatic rings. The van der Waals surface area contributed by atoms with Crippen LogP contribution in [0.2, 0.25) is 5.02 Å². The van der Waals surface area contributed by atoms with Crippen molar-refractivity contribution in [3.8, 4) is 0 Å². The number of carboxylic acid groups (broad SMARTS) is 1. The van der Waals surface area contributed by atoms with Gasteiger partial charge in [-0.3, -0.25) is 9.78 Å². The van der Waals surface area contributed by atoms with Gasteiger partial charge in [-0.1, -0.05) is 11.6 Å². The van der Waals surface area contributed by atoms with Crippen LogP contribution in [0, 0.1) is 12.8 Å². The molecule has 0 radical (unpaired) electrons. The molecule has 2 N–H and O–H groups in total. The average Bonchev–Trinajstić information content (AvgIpc) is 2.46. The standard InChI is InChI=1S/C16H17ClN2O3/c1-9-6-10(17)7-12-13(2-4-18-15(9)12)19-5-3-11(16(21)22)14(20)8-19/h2,4,6-7,11,14,20H,3,5,8H2,1H3,(H,21,22)/t11-,14+/m0/s1. The highest BCUT2D eigenvalue weighted by atomic mass is 35.5. The summed E-state index contributed by atoms with van der Waals surface area (Å²) in [5.74, 6) is -1.64. The number of benzene rings is 1. The molecule has 0 bridgehead atoms. The van der Waals surface area contributed by atoms with Crippen LogP contribution >= 0.6 is 11.6 Å². The van der Waals surface area contributed by atoms with E-state index in [-0.39, 0.29) is 0 Å². The zero-order valence-electron chi connectivity index (χ0n) is 12.2. The van der Waals surface area contributed by atoms with E-state index in [0.717, 1.165) is 22.2 Å². The van der Waals surface area contributed by atoms with E-state index in [9.17, 15) is 9.90 Å². The fourth-order valence-electron chi connectivity index (χ4n) is 3.09. The van der Waals surface area contributed by atoms with Crippen LogP contribution in [0.5, 0.6) is 0 Å². The first-order valence-electron chi connectivity index (χ1n) is 7.18. The minimum Gasteiger partial charge on any atom is -0.481 e. The minimum absolute atomic E-state index is 0.293. The van der Waals surface area contributed by atoms with Gasteiger partial charge in [-0.25, -0.2) is 0 Å². The van der Waals surface area contributed by atoms with Gasteiger partial charge in [0.25, 0.3) is 0 Å². The third-order valence-corrected chi connectivity index (χ3v) is 4.44. The van der Waals surface area contributed by atoms with E-state index >= 15 is 0 Å². The van der Waals surface area contributed by atoms with E-state index in [1.807, 2.05) is 30.0 Å². The Hall–Kier alpha value is -1.85. The lowest BCUT2D eigenvalue weighted by Gasteiger charge is -2.36. The molecule has 1 aromatic heterocycles. The van der Waals surface area contributed by atoms with Gasteiger partial charge in [-0.15, -0.1) is 0 Å². The highest BCUT2D eigenvalue weighted by Crippen LogP contribution is 2.32. The Morgan fingerprint density at radius 2 is 2.23 bits per heavy atom. The predicted molar refractivity (Wildman–Crippen MR) is 85.5 cm³/mol. The molecule has 1 aromatic carbocycles. The molecule has 116 valence electrons. The number of piperidine rings is 1. The maximum absolute atomic E-state index is 11.1. The van der Waals surface area contributed by atoms with Gasteiger partial charge < -0.3 is 15.1 Å². The largest absolute Gasteiger partial charge is 0.481 e. The first kappa shape index (κ1) is 15.1. The number of carbonyl (C=O) groups is 1.